The summed E-state index contributed by atoms with van der Waals surface area (Å²) in [6.45, 7) is 0. The molecule has 9 aromatic carbocycles. The minimum Gasteiger partial charge on any atom is -0.455 e. The van der Waals surface area contributed by atoms with Gasteiger partial charge in [0, 0.05) is 55.1 Å². The number of hydrogen-bond donors (Lipinski definition) is 0. The molecule has 0 atom stereocenters. The first-order valence-electron chi connectivity index (χ1n) is 18.6. The maximum absolute atomic E-state index is 6.38. The molecule has 11 aromatic rings. The van der Waals surface area contributed by atoms with Gasteiger partial charge in [0.15, 0.2) is 0 Å². The summed E-state index contributed by atoms with van der Waals surface area (Å²) in [5.41, 5.74) is 12.5. The van der Waals surface area contributed by atoms with Gasteiger partial charge in [-0.2, -0.15) is 0 Å². The van der Waals surface area contributed by atoms with E-state index in [4.69, 9.17) is 4.42 Å². The second-order valence-electron chi connectivity index (χ2n) is 14.0. The topological polar surface area (TPSA) is 21.3 Å². The highest BCUT2D eigenvalue weighted by Crippen LogP contribution is 2.41. The van der Waals surface area contributed by atoms with E-state index in [1.807, 2.05) is 12.1 Å². The number of fused-ring (bicyclic) bond motifs is 8. The van der Waals surface area contributed by atoms with E-state index in [9.17, 15) is 0 Å². The molecule has 0 N–H and O–H groups in total. The molecule has 3 nitrogen and oxygen atoms in total. The fourth-order valence-corrected chi connectivity index (χ4v) is 8.26. The zero-order valence-electron chi connectivity index (χ0n) is 29.8. The SMILES string of the molecule is c1c(-c2cccc3c2oc2ccccc23)ccc(N(c2ccc(-n3c4ccccc4c4ccc5ccccc5c43)cc2)c2cccc(-c3ccccc3)c2)c#1. The monoisotopic (exact) mass is 700 g/mol. The Balaban J connectivity index is 1.05. The molecule has 3 heteroatoms. The van der Waals surface area contributed by atoms with Gasteiger partial charge in [0.2, 0.25) is 0 Å². The van der Waals surface area contributed by atoms with E-state index in [1.165, 1.54) is 38.1 Å². The highest BCUT2D eigenvalue weighted by molar-refractivity contribution is 6.18. The molecule has 55 heavy (non-hydrogen) atoms. The van der Waals surface area contributed by atoms with Crippen LogP contribution in [0.1, 0.15) is 0 Å². The van der Waals surface area contributed by atoms with Crippen LogP contribution in [0.5, 0.6) is 0 Å². The summed E-state index contributed by atoms with van der Waals surface area (Å²) in [5, 5.41) is 7.18. The van der Waals surface area contributed by atoms with Gasteiger partial charge in [-0.3, -0.25) is 0 Å². The molecule has 0 fully saturated rings. The number of para-hydroxylation sites is 3. The summed E-state index contributed by atoms with van der Waals surface area (Å²) in [4.78, 5) is 2.26. The Morgan fingerprint density at radius 3 is 2.04 bits per heavy atom. The zero-order chi connectivity index (χ0) is 36.3. The third-order valence-corrected chi connectivity index (χ3v) is 10.8. The van der Waals surface area contributed by atoms with E-state index < -0.39 is 0 Å². The number of aromatic nitrogens is 1. The highest BCUT2D eigenvalue weighted by Gasteiger charge is 2.18. The van der Waals surface area contributed by atoms with Crippen LogP contribution in [0.4, 0.5) is 17.1 Å². The minimum absolute atomic E-state index is 0.863. The number of nitrogens with zero attached hydrogens (tertiary/aromatic N) is 2. The Kier molecular flexibility index (Phi) is 7.08. The number of benzene rings is 8. The fraction of sp³-hybridized carbons (Fsp3) is 0. The van der Waals surface area contributed by atoms with E-state index >= 15 is 0 Å². The van der Waals surface area contributed by atoms with Crippen LogP contribution in [0, 0.1) is 12.1 Å². The van der Waals surface area contributed by atoms with Crippen molar-refractivity contribution in [2.75, 3.05) is 4.90 Å². The van der Waals surface area contributed by atoms with Crippen molar-refractivity contribution < 1.29 is 4.42 Å². The van der Waals surface area contributed by atoms with Crippen molar-refractivity contribution in [2.45, 2.75) is 0 Å². The third kappa shape index (κ3) is 5.08. The van der Waals surface area contributed by atoms with Gasteiger partial charge in [-0.05, 0) is 89.3 Å². The second kappa shape index (κ2) is 12.6. The molecular weight excluding hydrogens is 669 g/mol. The van der Waals surface area contributed by atoms with Gasteiger partial charge in [0.25, 0.3) is 0 Å². The van der Waals surface area contributed by atoms with Crippen molar-refractivity contribution in [1.29, 1.82) is 0 Å². The molecular formula is C52H32N2O. The van der Waals surface area contributed by atoms with Crippen molar-refractivity contribution in [3.63, 3.8) is 0 Å². The standard InChI is InChI=1S/C52H32N2O/c1-2-12-35(13-3-1)38-15-10-16-42(34-38)53(39-27-24-37(25-28-39)44-20-11-21-48-46-19-7-9-23-50(46)55-52(44)48)40-29-31-41(32-30-40)54-49-22-8-6-18-45(49)47-33-26-36-14-4-5-17-43(36)51(47)54/h1-24,26-27,29-34H. The van der Waals surface area contributed by atoms with Crippen molar-refractivity contribution in [1.82, 2.24) is 4.57 Å². The Bertz CT molecular complexity index is 3190. The third-order valence-electron chi connectivity index (χ3n) is 10.8. The van der Waals surface area contributed by atoms with Crippen LogP contribution in [0.2, 0.25) is 0 Å². The number of hydrogen-bond acceptors (Lipinski definition) is 2. The number of furan rings is 1. The van der Waals surface area contributed by atoms with Crippen molar-refractivity contribution >= 4 is 71.6 Å². The van der Waals surface area contributed by atoms with Gasteiger partial charge in [-0.1, -0.05) is 133 Å². The van der Waals surface area contributed by atoms with Crippen LogP contribution >= 0.6 is 0 Å². The molecule has 0 aliphatic rings. The molecule has 0 radical (unpaired) electrons. The molecule has 256 valence electrons. The van der Waals surface area contributed by atoms with Crippen LogP contribution in [-0.2, 0) is 0 Å². The van der Waals surface area contributed by atoms with Crippen molar-refractivity contribution in [3.05, 3.63) is 206 Å². The van der Waals surface area contributed by atoms with Gasteiger partial charge >= 0.3 is 0 Å². The van der Waals surface area contributed by atoms with Gasteiger partial charge in [0.1, 0.15) is 11.2 Å². The van der Waals surface area contributed by atoms with Crippen molar-refractivity contribution in [3.8, 4) is 27.9 Å². The van der Waals surface area contributed by atoms with E-state index in [2.05, 4.69) is 204 Å². The summed E-state index contributed by atoms with van der Waals surface area (Å²) in [6.07, 6.45) is 0. The Morgan fingerprint density at radius 2 is 1.18 bits per heavy atom. The van der Waals surface area contributed by atoms with Gasteiger partial charge < -0.3 is 13.9 Å². The maximum atomic E-state index is 6.38. The van der Waals surface area contributed by atoms with Gasteiger partial charge in [0.05, 0.1) is 16.7 Å². The molecule has 0 spiro atoms. The average Bonchev–Trinajstić information content (AvgIpc) is 3.81. The molecule has 2 aromatic heterocycles. The molecule has 0 aliphatic heterocycles. The maximum Gasteiger partial charge on any atom is 0.143 e. The highest BCUT2D eigenvalue weighted by atomic mass is 16.3. The Labute approximate surface area is 318 Å². The summed E-state index contributed by atoms with van der Waals surface area (Å²) in [6, 6.07) is 75.8. The molecule has 0 saturated heterocycles. The lowest BCUT2D eigenvalue weighted by Gasteiger charge is -2.25. The summed E-state index contributed by atoms with van der Waals surface area (Å²) in [5.74, 6) is 0. The molecule has 0 amide bonds. The first-order chi connectivity index (χ1) is 27.3. The molecule has 0 unspecified atom stereocenters. The first kappa shape index (κ1) is 31.0. The van der Waals surface area contributed by atoms with E-state index in [0.29, 0.717) is 0 Å². The van der Waals surface area contributed by atoms with Crippen molar-refractivity contribution in [2.24, 2.45) is 0 Å². The van der Waals surface area contributed by atoms with E-state index in [1.54, 1.807) is 0 Å². The number of anilines is 3. The van der Waals surface area contributed by atoms with Crippen LogP contribution in [0.25, 0.3) is 82.5 Å². The lowest BCUT2D eigenvalue weighted by atomic mass is 10.0. The molecule has 11 rings (SSSR count). The second-order valence-corrected chi connectivity index (χ2v) is 14.0. The molecule has 2 heterocycles. The summed E-state index contributed by atoms with van der Waals surface area (Å²) < 4.78 is 8.79. The summed E-state index contributed by atoms with van der Waals surface area (Å²) >= 11 is 0. The molecule has 0 bridgehead atoms. The van der Waals surface area contributed by atoms with E-state index in [-0.39, 0.29) is 0 Å². The molecule has 0 saturated carbocycles. The minimum atomic E-state index is 0.863. The quantitative estimate of drug-likeness (QED) is 0.172. The Hall–Kier alpha value is -7.54. The first-order valence-corrected chi connectivity index (χ1v) is 18.6. The lowest BCUT2D eigenvalue weighted by molar-refractivity contribution is 0.670. The molecule has 0 aliphatic carbocycles. The predicted octanol–water partition coefficient (Wildman–Crippen LogP) is 14.2. The summed E-state index contributed by atoms with van der Waals surface area (Å²) in [7, 11) is 0. The number of rotatable bonds is 6. The van der Waals surface area contributed by atoms with Crippen LogP contribution in [0.3, 0.4) is 0 Å². The predicted molar refractivity (Wildman–Crippen MR) is 229 cm³/mol. The normalized spacial score (nSPS) is 11.5. The van der Waals surface area contributed by atoms with Crippen LogP contribution in [-0.4, -0.2) is 4.57 Å². The Morgan fingerprint density at radius 1 is 0.455 bits per heavy atom. The van der Waals surface area contributed by atoms with Gasteiger partial charge in [-0.15, -0.1) is 0 Å². The largest absolute Gasteiger partial charge is 0.455 e. The van der Waals surface area contributed by atoms with Gasteiger partial charge in [-0.25, -0.2) is 0 Å². The van der Waals surface area contributed by atoms with Crippen LogP contribution < -0.4 is 4.90 Å². The smallest absolute Gasteiger partial charge is 0.143 e. The zero-order valence-corrected chi connectivity index (χ0v) is 29.8. The fourth-order valence-electron chi connectivity index (χ4n) is 8.26. The lowest BCUT2D eigenvalue weighted by Crippen LogP contribution is -2.10. The van der Waals surface area contributed by atoms with Crippen LogP contribution in [0.15, 0.2) is 199 Å². The van der Waals surface area contributed by atoms with E-state index in [0.717, 1.165) is 61.4 Å². The average molecular weight is 701 g/mol.